The number of aryl methyl sites for hydroxylation is 3. The number of aromatic nitrogens is 1. The van der Waals surface area contributed by atoms with E-state index in [-0.39, 0.29) is 11.8 Å². The Bertz CT molecular complexity index is 1060. The van der Waals surface area contributed by atoms with Crippen LogP contribution in [0.4, 0.5) is 11.5 Å². The maximum atomic E-state index is 12.6. The van der Waals surface area contributed by atoms with E-state index in [1.807, 2.05) is 39.0 Å². The lowest BCUT2D eigenvalue weighted by Crippen LogP contribution is -2.15. The molecule has 0 aliphatic rings. The highest BCUT2D eigenvalue weighted by Crippen LogP contribution is 2.24. The Morgan fingerprint density at radius 3 is 2.21 bits per heavy atom. The van der Waals surface area contributed by atoms with Crippen LogP contribution in [-0.4, -0.2) is 16.8 Å². The SMILES string of the molecule is Cc1ccnc(NC(=O)c2ccc(Cl)c(NC(=O)c3ccc(C)c(C)c3)c2)c1. The van der Waals surface area contributed by atoms with Crippen molar-refractivity contribution in [1.29, 1.82) is 0 Å². The van der Waals surface area contributed by atoms with E-state index in [2.05, 4.69) is 15.6 Å². The molecule has 6 heteroatoms. The van der Waals surface area contributed by atoms with Gasteiger partial charge in [0.2, 0.25) is 0 Å². The second kappa shape index (κ2) is 8.23. The van der Waals surface area contributed by atoms with E-state index in [1.54, 1.807) is 36.5 Å². The van der Waals surface area contributed by atoms with E-state index >= 15 is 0 Å². The van der Waals surface area contributed by atoms with Crippen LogP contribution >= 0.6 is 11.6 Å². The average Bonchev–Trinajstić information content (AvgIpc) is 2.65. The van der Waals surface area contributed by atoms with Crippen LogP contribution < -0.4 is 10.6 Å². The zero-order valence-electron chi connectivity index (χ0n) is 15.8. The molecule has 3 aromatic rings. The van der Waals surface area contributed by atoms with Gasteiger partial charge < -0.3 is 10.6 Å². The highest BCUT2D eigenvalue weighted by atomic mass is 35.5. The van der Waals surface area contributed by atoms with Crippen molar-refractivity contribution in [2.45, 2.75) is 20.8 Å². The molecule has 5 nitrogen and oxygen atoms in total. The van der Waals surface area contributed by atoms with Gasteiger partial charge in [-0.15, -0.1) is 0 Å². The van der Waals surface area contributed by atoms with Crippen LogP contribution in [0.3, 0.4) is 0 Å². The number of hydrogen-bond acceptors (Lipinski definition) is 3. The van der Waals surface area contributed by atoms with E-state index in [0.717, 1.165) is 16.7 Å². The third-order valence-corrected chi connectivity index (χ3v) is 4.73. The summed E-state index contributed by atoms with van der Waals surface area (Å²) in [7, 11) is 0. The number of hydrogen-bond donors (Lipinski definition) is 2. The Labute approximate surface area is 168 Å². The number of carbonyl (C=O) groups is 2. The monoisotopic (exact) mass is 393 g/mol. The molecular weight excluding hydrogens is 374 g/mol. The summed E-state index contributed by atoms with van der Waals surface area (Å²) >= 11 is 6.21. The first-order valence-corrected chi connectivity index (χ1v) is 9.13. The first kappa shape index (κ1) is 19.6. The van der Waals surface area contributed by atoms with Crippen LogP contribution in [0, 0.1) is 20.8 Å². The molecule has 0 fully saturated rings. The van der Waals surface area contributed by atoms with Gasteiger partial charge >= 0.3 is 0 Å². The number of pyridine rings is 1. The third-order valence-electron chi connectivity index (χ3n) is 4.40. The highest BCUT2D eigenvalue weighted by Gasteiger charge is 2.13. The van der Waals surface area contributed by atoms with Crippen LogP contribution in [-0.2, 0) is 0 Å². The number of amides is 2. The van der Waals surface area contributed by atoms with E-state index in [4.69, 9.17) is 11.6 Å². The van der Waals surface area contributed by atoms with Crippen molar-refractivity contribution < 1.29 is 9.59 Å². The molecule has 142 valence electrons. The largest absolute Gasteiger partial charge is 0.321 e. The number of anilines is 2. The van der Waals surface area contributed by atoms with Gasteiger partial charge in [0, 0.05) is 17.3 Å². The Morgan fingerprint density at radius 2 is 1.50 bits per heavy atom. The molecule has 0 saturated heterocycles. The molecule has 28 heavy (non-hydrogen) atoms. The van der Waals surface area contributed by atoms with Gasteiger partial charge in [0.05, 0.1) is 10.7 Å². The Kier molecular flexibility index (Phi) is 5.76. The van der Waals surface area contributed by atoms with Crippen molar-refractivity contribution in [1.82, 2.24) is 4.98 Å². The molecule has 0 spiro atoms. The van der Waals surface area contributed by atoms with Gasteiger partial charge in [0.25, 0.3) is 11.8 Å². The average molecular weight is 394 g/mol. The van der Waals surface area contributed by atoms with Crippen LogP contribution in [0.2, 0.25) is 5.02 Å². The van der Waals surface area contributed by atoms with E-state index in [0.29, 0.717) is 27.7 Å². The van der Waals surface area contributed by atoms with Crippen molar-refractivity contribution in [2.24, 2.45) is 0 Å². The van der Waals surface area contributed by atoms with Gasteiger partial charge in [-0.25, -0.2) is 4.98 Å². The molecule has 0 aliphatic carbocycles. The number of halogens is 1. The number of rotatable bonds is 4. The first-order valence-electron chi connectivity index (χ1n) is 8.75. The van der Waals surface area contributed by atoms with Gasteiger partial charge in [-0.2, -0.15) is 0 Å². The maximum absolute atomic E-state index is 12.6. The predicted molar refractivity (Wildman–Crippen MR) is 112 cm³/mol. The van der Waals surface area contributed by atoms with Crippen LogP contribution in [0.15, 0.2) is 54.7 Å². The molecule has 1 aromatic heterocycles. The summed E-state index contributed by atoms with van der Waals surface area (Å²) < 4.78 is 0. The van der Waals surface area contributed by atoms with Gasteiger partial charge in [-0.05, 0) is 79.9 Å². The molecule has 3 rings (SSSR count). The maximum Gasteiger partial charge on any atom is 0.256 e. The zero-order chi connectivity index (χ0) is 20.3. The number of nitrogens with one attached hydrogen (secondary N) is 2. The van der Waals surface area contributed by atoms with Crippen molar-refractivity contribution in [3.8, 4) is 0 Å². The third kappa shape index (κ3) is 4.56. The highest BCUT2D eigenvalue weighted by molar-refractivity contribution is 6.34. The zero-order valence-corrected chi connectivity index (χ0v) is 16.6. The fourth-order valence-corrected chi connectivity index (χ4v) is 2.80. The molecule has 2 aromatic carbocycles. The smallest absolute Gasteiger partial charge is 0.256 e. The van der Waals surface area contributed by atoms with Crippen LogP contribution in [0.1, 0.15) is 37.4 Å². The Hall–Kier alpha value is -3.18. The van der Waals surface area contributed by atoms with Gasteiger partial charge in [-0.3, -0.25) is 9.59 Å². The summed E-state index contributed by atoms with van der Waals surface area (Å²) in [5.41, 5.74) is 4.38. The van der Waals surface area contributed by atoms with Crippen LogP contribution in [0.5, 0.6) is 0 Å². The molecule has 0 bridgehead atoms. The number of nitrogens with zero attached hydrogens (tertiary/aromatic N) is 1. The summed E-state index contributed by atoms with van der Waals surface area (Å²) in [5.74, 6) is -0.167. The van der Waals surface area contributed by atoms with Gasteiger partial charge in [-0.1, -0.05) is 17.7 Å². The minimum Gasteiger partial charge on any atom is -0.321 e. The number of carbonyl (C=O) groups excluding carboxylic acids is 2. The van der Waals surface area contributed by atoms with Gasteiger partial charge in [0.15, 0.2) is 0 Å². The van der Waals surface area contributed by atoms with E-state index < -0.39 is 0 Å². The summed E-state index contributed by atoms with van der Waals surface area (Å²) in [6.07, 6.45) is 1.63. The van der Waals surface area contributed by atoms with Gasteiger partial charge in [0.1, 0.15) is 5.82 Å². The number of benzene rings is 2. The predicted octanol–water partition coefficient (Wildman–Crippen LogP) is 5.16. The second-order valence-electron chi connectivity index (χ2n) is 6.62. The lowest BCUT2D eigenvalue weighted by molar-refractivity contribution is 0.101. The molecule has 0 atom stereocenters. The summed E-state index contributed by atoms with van der Waals surface area (Å²) in [4.78, 5) is 29.2. The van der Waals surface area contributed by atoms with Crippen molar-refractivity contribution in [3.63, 3.8) is 0 Å². The standard InChI is InChI=1S/C22H20ClN3O2/c1-13-8-9-24-20(10-13)26-22(28)17-6-7-18(23)19(12-17)25-21(27)16-5-4-14(2)15(3)11-16/h4-12H,1-3H3,(H,25,27)(H,24,26,28). The molecule has 0 unspecified atom stereocenters. The summed E-state index contributed by atoms with van der Waals surface area (Å²) in [6, 6.07) is 13.8. The van der Waals surface area contributed by atoms with E-state index in [1.165, 1.54) is 0 Å². The summed E-state index contributed by atoms with van der Waals surface area (Å²) in [6.45, 7) is 5.85. The molecule has 1 heterocycles. The minimum absolute atomic E-state index is 0.289. The van der Waals surface area contributed by atoms with E-state index in [9.17, 15) is 9.59 Å². The fraction of sp³-hybridized carbons (Fsp3) is 0.136. The summed E-state index contributed by atoms with van der Waals surface area (Å²) in [5, 5.41) is 5.86. The van der Waals surface area contributed by atoms with Crippen molar-refractivity contribution in [2.75, 3.05) is 10.6 Å². The Morgan fingerprint density at radius 1 is 0.821 bits per heavy atom. The quantitative estimate of drug-likeness (QED) is 0.642. The van der Waals surface area contributed by atoms with Crippen molar-refractivity contribution in [3.05, 3.63) is 87.6 Å². The fourth-order valence-electron chi connectivity index (χ4n) is 2.63. The molecule has 0 saturated carbocycles. The van der Waals surface area contributed by atoms with Crippen molar-refractivity contribution >= 4 is 34.9 Å². The molecule has 2 N–H and O–H groups in total. The Balaban J connectivity index is 1.79. The lowest BCUT2D eigenvalue weighted by atomic mass is 10.1. The molecule has 2 amide bonds. The normalized spacial score (nSPS) is 10.4. The second-order valence-corrected chi connectivity index (χ2v) is 7.03. The lowest BCUT2D eigenvalue weighted by Gasteiger charge is -2.11. The molecular formula is C22H20ClN3O2. The molecule has 0 aliphatic heterocycles. The minimum atomic E-state index is -0.337. The molecule has 0 radical (unpaired) electrons. The van der Waals surface area contributed by atoms with Crippen LogP contribution in [0.25, 0.3) is 0 Å². The first-order chi connectivity index (χ1) is 13.3. The topological polar surface area (TPSA) is 71.1 Å².